The van der Waals surface area contributed by atoms with Crippen molar-refractivity contribution in [2.24, 2.45) is 0 Å². The number of aromatic nitrogens is 1. The van der Waals surface area contributed by atoms with Crippen LogP contribution in [0.2, 0.25) is 0 Å². The fourth-order valence-corrected chi connectivity index (χ4v) is 3.07. The van der Waals surface area contributed by atoms with Gasteiger partial charge in [0, 0.05) is 29.2 Å². The Morgan fingerprint density at radius 2 is 1.76 bits per heavy atom. The third-order valence-corrected chi connectivity index (χ3v) is 4.17. The van der Waals surface area contributed by atoms with Crippen molar-refractivity contribution in [3.63, 3.8) is 0 Å². The third-order valence-electron chi connectivity index (χ3n) is 4.17. The Morgan fingerprint density at radius 3 is 2.31 bits per heavy atom. The Morgan fingerprint density at radius 1 is 1.07 bits per heavy atom. The Hall–Kier alpha value is -1.42. The molecule has 8 nitrogen and oxygen atoms in total. The number of carbonyl (C=O) groups is 2. The number of benzene rings is 1. The van der Waals surface area contributed by atoms with E-state index in [-0.39, 0.29) is 75.8 Å². The smallest absolute Gasteiger partial charge is 0.543 e. The quantitative estimate of drug-likeness (QED) is 0.312. The molecular formula is C19H16N2Na2O6. The molecule has 29 heavy (non-hydrogen) atoms. The van der Waals surface area contributed by atoms with Gasteiger partial charge in [-0.05, 0) is 25.5 Å². The molecule has 0 saturated carbocycles. The van der Waals surface area contributed by atoms with Gasteiger partial charge in [-0.3, -0.25) is 4.79 Å². The number of anilines is 1. The van der Waals surface area contributed by atoms with E-state index in [9.17, 15) is 24.6 Å². The third kappa shape index (κ3) is 5.02. The molecule has 1 N–H and O–H groups in total. The summed E-state index contributed by atoms with van der Waals surface area (Å²) in [5, 5.41) is 26.3. The summed E-state index contributed by atoms with van der Waals surface area (Å²) >= 11 is 0. The summed E-state index contributed by atoms with van der Waals surface area (Å²) in [6.07, 6.45) is 1.05. The molecule has 0 atom stereocenters. The number of hydrogen-bond donors (Lipinski definition) is 1. The molecule has 1 aromatic carbocycles. The van der Waals surface area contributed by atoms with E-state index in [2.05, 4.69) is 10.3 Å². The first kappa shape index (κ1) is 25.6. The monoisotopic (exact) mass is 414 g/mol. The fourth-order valence-electron chi connectivity index (χ4n) is 3.07. The summed E-state index contributed by atoms with van der Waals surface area (Å²) in [6.45, 7) is 4.25. The summed E-state index contributed by atoms with van der Waals surface area (Å²) in [4.78, 5) is 39.1. The normalized spacial score (nSPS) is 10.3. The zero-order valence-electron chi connectivity index (χ0n) is 16.8. The zero-order valence-corrected chi connectivity index (χ0v) is 20.8. The van der Waals surface area contributed by atoms with Crippen molar-refractivity contribution in [3.05, 3.63) is 45.4 Å². The summed E-state index contributed by atoms with van der Waals surface area (Å²) in [6, 6.07) is 3.74. The molecule has 0 unspecified atom stereocenters. The molecule has 0 aliphatic heterocycles. The van der Waals surface area contributed by atoms with Gasteiger partial charge < -0.3 is 29.5 Å². The molecule has 3 rings (SSSR count). The number of carbonyl (C=O) groups excluding carboxylic acids is 2. The van der Waals surface area contributed by atoms with Crippen molar-refractivity contribution in [1.82, 2.24) is 4.98 Å². The summed E-state index contributed by atoms with van der Waals surface area (Å²) in [5.41, 5.74) is 0.550. The molecule has 3 aromatic rings. The minimum absolute atomic E-state index is 0. The van der Waals surface area contributed by atoms with Crippen molar-refractivity contribution < 1.29 is 83.3 Å². The van der Waals surface area contributed by atoms with Gasteiger partial charge in [0.15, 0.2) is 11.2 Å². The van der Waals surface area contributed by atoms with Crippen molar-refractivity contribution in [2.75, 3.05) is 11.9 Å². The second-order valence-corrected chi connectivity index (χ2v) is 6.01. The minimum atomic E-state index is -1.61. The number of aromatic carboxylic acids is 2. The molecule has 0 amide bonds. The van der Waals surface area contributed by atoms with Gasteiger partial charge in [-0.25, -0.2) is 4.98 Å². The van der Waals surface area contributed by atoms with E-state index in [0.717, 1.165) is 6.07 Å². The number of pyridine rings is 1. The second kappa shape index (κ2) is 10.6. The summed E-state index contributed by atoms with van der Waals surface area (Å²) in [7, 11) is 0. The average molecular weight is 414 g/mol. The molecule has 0 fully saturated rings. The van der Waals surface area contributed by atoms with Crippen LogP contribution in [0, 0.1) is 0 Å². The maximum atomic E-state index is 12.5. The SMILES string of the molecule is CCCc1c2nc(C(=O)[O-])cc(NCC)c2cc2c(=O)cc(C(=O)[O-])oc12.[Na+].[Na+]. The van der Waals surface area contributed by atoms with Crippen molar-refractivity contribution >= 4 is 39.5 Å². The van der Waals surface area contributed by atoms with Crippen LogP contribution in [0.1, 0.15) is 46.9 Å². The van der Waals surface area contributed by atoms with E-state index in [1.807, 2.05) is 13.8 Å². The van der Waals surface area contributed by atoms with Gasteiger partial charge in [0.05, 0.1) is 22.6 Å². The number of carboxylic acids is 2. The standard InChI is InChI=1S/C19H18N2O6.2Na/c1-3-5-9-16-10(12(20-4-2)7-13(21-16)18(23)24)6-11-14(22)8-15(19(25)26)27-17(9)11;;/h6-8H,3-5H2,1-2H3,(H,20,21)(H,23,24)(H,25,26);;/q;2*+1/p-2. The number of aryl methyl sites for hydroxylation is 1. The summed E-state index contributed by atoms with van der Waals surface area (Å²) in [5.74, 6) is -3.64. The maximum absolute atomic E-state index is 12.5. The number of fused-ring (bicyclic) bond motifs is 2. The van der Waals surface area contributed by atoms with Crippen LogP contribution in [0.25, 0.3) is 21.9 Å². The number of carboxylic acid groups (broad SMARTS) is 2. The van der Waals surface area contributed by atoms with Crippen LogP contribution in [-0.2, 0) is 6.42 Å². The number of nitrogens with zero attached hydrogens (tertiary/aromatic N) is 1. The molecule has 10 heteroatoms. The molecule has 0 spiro atoms. The minimum Gasteiger partial charge on any atom is -0.543 e. The van der Waals surface area contributed by atoms with Gasteiger partial charge in [0.25, 0.3) is 0 Å². The van der Waals surface area contributed by atoms with E-state index in [0.29, 0.717) is 41.5 Å². The zero-order chi connectivity index (χ0) is 19.7. The predicted octanol–water partition coefficient (Wildman–Crippen LogP) is -5.54. The van der Waals surface area contributed by atoms with Crippen LogP contribution < -0.4 is 80.1 Å². The largest absolute Gasteiger partial charge is 1.00 e. The van der Waals surface area contributed by atoms with Crippen LogP contribution in [0.15, 0.2) is 27.4 Å². The van der Waals surface area contributed by atoms with Crippen molar-refractivity contribution in [3.8, 4) is 0 Å². The first-order chi connectivity index (χ1) is 12.9. The van der Waals surface area contributed by atoms with Gasteiger partial charge in [0.2, 0.25) is 0 Å². The van der Waals surface area contributed by atoms with Gasteiger partial charge in [-0.1, -0.05) is 13.3 Å². The Labute approximate surface area is 210 Å². The van der Waals surface area contributed by atoms with Crippen LogP contribution >= 0.6 is 0 Å². The Kier molecular flexibility index (Phi) is 9.33. The molecule has 0 aliphatic rings. The van der Waals surface area contributed by atoms with E-state index >= 15 is 0 Å². The molecule has 0 aliphatic carbocycles. The molecule has 0 radical (unpaired) electrons. The maximum Gasteiger partial charge on any atom is 1.00 e. The molecule has 140 valence electrons. The fraction of sp³-hybridized carbons (Fsp3) is 0.263. The van der Waals surface area contributed by atoms with Crippen LogP contribution in [-0.4, -0.2) is 23.5 Å². The Balaban J connectivity index is 0.00000210. The molecule has 0 saturated heterocycles. The first-order valence-electron chi connectivity index (χ1n) is 8.48. The van der Waals surface area contributed by atoms with E-state index in [1.165, 1.54) is 12.1 Å². The predicted molar refractivity (Wildman–Crippen MR) is 94.6 cm³/mol. The van der Waals surface area contributed by atoms with Gasteiger partial charge in [-0.2, -0.15) is 0 Å². The molecular weight excluding hydrogens is 398 g/mol. The van der Waals surface area contributed by atoms with Gasteiger partial charge >= 0.3 is 59.1 Å². The van der Waals surface area contributed by atoms with Crippen LogP contribution in [0.4, 0.5) is 5.69 Å². The van der Waals surface area contributed by atoms with E-state index in [1.54, 1.807) is 0 Å². The number of hydrogen-bond acceptors (Lipinski definition) is 8. The second-order valence-electron chi connectivity index (χ2n) is 6.01. The van der Waals surface area contributed by atoms with Crippen LogP contribution in [0.3, 0.4) is 0 Å². The topological polar surface area (TPSA) is 135 Å². The van der Waals surface area contributed by atoms with Crippen molar-refractivity contribution in [2.45, 2.75) is 26.7 Å². The number of nitrogens with one attached hydrogen (secondary N) is 1. The molecule has 0 bridgehead atoms. The van der Waals surface area contributed by atoms with Crippen molar-refractivity contribution in [1.29, 1.82) is 0 Å². The van der Waals surface area contributed by atoms with E-state index in [4.69, 9.17) is 4.42 Å². The Bertz CT molecular complexity index is 1140. The first-order valence-corrected chi connectivity index (χ1v) is 8.48. The van der Waals surface area contributed by atoms with Gasteiger partial charge in [-0.15, -0.1) is 0 Å². The average Bonchev–Trinajstić information content (AvgIpc) is 2.62. The van der Waals surface area contributed by atoms with Crippen LogP contribution in [0.5, 0.6) is 0 Å². The van der Waals surface area contributed by atoms with Gasteiger partial charge in [0.1, 0.15) is 11.6 Å². The molecule has 2 aromatic heterocycles. The summed E-state index contributed by atoms with van der Waals surface area (Å²) < 4.78 is 5.41. The number of rotatable bonds is 6. The van der Waals surface area contributed by atoms with E-state index < -0.39 is 23.1 Å². The molecule has 2 heterocycles.